The van der Waals surface area contributed by atoms with E-state index in [1.807, 2.05) is 0 Å². The zero-order chi connectivity index (χ0) is 13.1. The SMILES string of the molecule is Cc1nn(C)c(C)c1S(=O)(=O)NCCCCO. The number of sulfonamides is 1. The average Bonchev–Trinajstić information content (AvgIpc) is 2.48. The summed E-state index contributed by atoms with van der Waals surface area (Å²) in [6.07, 6.45) is 1.21. The van der Waals surface area contributed by atoms with E-state index in [0.717, 1.165) is 0 Å². The van der Waals surface area contributed by atoms with Crippen molar-refractivity contribution in [2.45, 2.75) is 31.6 Å². The van der Waals surface area contributed by atoms with Crippen molar-refractivity contribution in [2.75, 3.05) is 13.2 Å². The lowest BCUT2D eigenvalue weighted by atomic mass is 10.3. The van der Waals surface area contributed by atoms with Crippen LogP contribution in [0, 0.1) is 13.8 Å². The van der Waals surface area contributed by atoms with Gasteiger partial charge in [0.2, 0.25) is 10.0 Å². The van der Waals surface area contributed by atoms with Crippen LogP contribution < -0.4 is 4.72 Å². The molecular formula is C10H19N3O3S. The second-order valence-electron chi connectivity index (χ2n) is 3.95. The Morgan fingerprint density at radius 2 is 2.00 bits per heavy atom. The molecule has 1 rings (SSSR count). The van der Waals surface area contributed by atoms with E-state index in [0.29, 0.717) is 30.8 Å². The number of aliphatic hydroxyl groups is 1. The van der Waals surface area contributed by atoms with Gasteiger partial charge in [0.1, 0.15) is 4.90 Å². The van der Waals surface area contributed by atoms with Crippen molar-refractivity contribution in [3.8, 4) is 0 Å². The predicted molar refractivity (Wildman–Crippen MR) is 64.2 cm³/mol. The lowest BCUT2D eigenvalue weighted by Gasteiger charge is -2.06. The van der Waals surface area contributed by atoms with Gasteiger partial charge in [-0.15, -0.1) is 0 Å². The van der Waals surface area contributed by atoms with Crippen LogP contribution in [0.4, 0.5) is 0 Å². The summed E-state index contributed by atoms with van der Waals surface area (Å²) in [6, 6.07) is 0. The van der Waals surface area contributed by atoms with E-state index < -0.39 is 10.0 Å². The minimum atomic E-state index is -3.50. The van der Waals surface area contributed by atoms with Crippen LogP contribution in [0.1, 0.15) is 24.2 Å². The summed E-state index contributed by atoms with van der Waals surface area (Å²) in [4.78, 5) is 0.254. The minimum absolute atomic E-state index is 0.0761. The summed E-state index contributed by atoms with van der Waals surface area (Å²) in [6.45, 7) is 3.81. The zero-order valence-electron chi connectivity index (χ0n) is 10.4. The van der Waals surface area contributed by atoms with Crippen LogP contribution in [0.15, 0.2) is 4.90 Å². The number of nitrogens with one attached hydrogen (secondary N) is 1. The zero-order valence-corrected chi connectivity index (χ0v) is 11.2. The monoisotopic (exact) mass is 261 g/mol. The van der Waals surface area contributed by atoms with Crippen molar-refractivity contribution in [1.29, 1.82) is 0 Å². The number of nitrogens with zero attached hydrogens (tertiary/aromatic N) is 2. The Morgan fingerprint density at radius 1 is 1.35 bits per heavy atom. The molecule has 7 heteroatoms. The summed E-state index contributed by atoms with van der Waals surface area (Å²) >= 11 is 0. The van der Waals surface area contributed by atoms with Gasteiger partial charge >= 0.3 is 0 Å². The van der Waals surface area contributed by atoms with Crippen molar-refractivity contribution in [3.05, 3.63) is 11.4 Å². The highest BCUT2D eigenvalue weighted by Crippen LogP contribution is 2.17. The molecule has 0 spiro atoms. The second kappa shape index (κ2) is 5.61. The molecule has 1 heterocycles. The van der Waals surface area contributed by atoms with Gasteiger partial charge in [-0.2, -0.15) is 5.10 Å². The predicted octanol–water partition coefficient (Wildman–Crippen LogP) is 0.0877. The Labute approximate surface area is 102 Å². The molecule has 0 saturated heterocycles. The van der Waals surface area contributed by atoms with Crippen molar-refractivity contribution < 1.29 is 13.5 Å². The molecule has 6 nitrogen and oxygen atoms in total. The molecule has 0 atom stereocenters. The van der Waals surface area contributed by atoms with Gasteiger partial charge in [0, 0.05) is 20.2 Å². The van der Waals surface area contributed by atoms with Crippen LogP contribution in [-0.4, -0.2) is 36.5 Å². The maximum Gasteiger partial charge on any atom is 0.244 e. The number of aryl methyl sites for hydroxylation is 2. The van der Waals surface area contributed by atoms with E-state index in [1.165, 1.54) is 0 Å². The third kappa shape index (κ3) is 3.27. The lowest BCUT2D eigenvalue weighted by molar-refractivity contribution is 0.285. The molecule has 0 saturated carbocycles. The molecule has 0 amide bonds. The molecule has 0 aliphatic carbocycles. The van der Waals surface area contributed by atoms with E-state index in [-0.39, 0.29) is 11.5 Å². The van der Waals surface area contributed by atoms with Crippen molar-refractivity contribution in [1.82, 2.24) is 14.5 Å². The molecule has 0 unspecified atom stereocenters. The normalized spacial score (nSPS) is 12.0. The van der Waals surface area contributed by atoms with E-state index in [2.05, 4.69) is 9.82 Å². The summed E-state index contributed by atoms with van der Waals surface area (Å²) in [5.74, 6) is 0. The molecule has 1 aromatic rings. The Balaban J connectivity index is 2.83. The lowest BCUT2D eigenvalue weighted by Crippen LogP contribution is -2.26. The van der Waals surface area contributed by atoms with Gasteiger partial charge < -0.3 is 5.11 Å². The van der Waals surface area contributed by atoms with Crippen molar-refractivity contribution in [3.63, 3.8) is 0 Å². The third-order valence-corrected chi connectivity index (χ3v) is 4.30. The molecule has 17 heavy (non-hydrogen) atoms. The number of aromatic nitrogens is 2. The standard InChI is InChI=1S/C10H19N3O3S/c1-8-10(9(2)13(3)12-8)17(15,16)11-6-4-5-7-14/h11,14H,4-7H2,1-3H3. The van der Waals surface area contributed by atoms with E-state index in [1.54, 1.807) is 25.6 Å². The fraction of sp³-hybridized carbons (Fsp3) is 0.700. The highest BCUT2D eigenvalue weighted by Gasteiger charge is 2.22. The Bertz CT molecular complexity index is 479. The first-order valence-electron chi connectivity index (χ1n) is 5.51. The first-order valence-corrected chi connectivity index (χ1v) is 6.99. The van der Waals surface area contributed by atoms with E-state index >= 15 is 0 Å². The largest absolute Gasteiger partial charge is 0.396 e. The minimum Gasteiger partial charge on any atom is -0.396 e. The van der Waals surface area contributed by atoms with E-state index in [9.17, 15) is 8.42 Å². The number of aliphatic hydroxyl groups excluding tert-OH is 1. The highest BCUT2D eigenvalue weighted by atomic mass is 32.2. The van der Waals surface area contributed by atoms with Crippen LogP contribution in [0.5, 0.6) is 0 Å². The van der Waals surface area contributed by atoms with Crippen LogP contribution in [0.3, 0.4) is 0 Å². The Kier molecular flexibility index (Phi) is 4.67. The highest BCUT2D eigenvalue weighted by molar-refractivity contribution is 7.89. The fourth-order valence-corrected chi connectivity index (χ4v) is 3.17. The van der Waals surface area contributed by atoms with Gasteiger partial charge in [0.25, 0.3) is 0 Å². The quantitative estimate of drug-likeness (QED) is 0.711. The van der Waals surface area contributed by atoms with Gasteiger partial charge in [0.15, 0.2) is 0 Å². The molecule has 0 aromatic carbocycles. The van der Waals surface area contributed by atoms with Crippen molar-refractivity contribution >= 4 is 10.0 Å². The number of hydrogen-bond donors (Lipinski definition) is 2. The topological polar surface area (TPSA) is 84.2 Å². The first kappa shape index (κ1) is 14.1. The average molecular weight is 261 g/mol. The van der Waals surface area contributed by atoms with Gasteiger partial charge in [-0.25, -0.2) is 13.1 Å². The second-order valence-corrected chi connectivity index (χ2v) is 5.66. The number of rotatable bonds is 6. The summed E-state index contributed by atoms with van der Waals surface area (Å²) in [5, 5.41) is 12.7. The Morgan fingerprint density at radius 3 is 2.47 bits per heavy atom. The van der Waals surface area contributed by atoms with Crippen molar-refractivity contribution in [2.24, 2.45) is 7.05 Å². The molecule has 0 radical (unpaired) electrons. The molecular weight excluding hydrogens is 242 g/mol. The third-order valence-electron chi connectivity index (χ3n) is 2.59. The maximum atomic E-state index is 12.0. The van der Waals surface area contributed by atoms with Gasteiger partial charge in [-0.3, -0.25) is 4.68 Å². The summed E-state index contributed by atoms with van der Waals surface area (Å²) < 4.78 is 28.1. The van der Waals surface area contributed by atoms with Crippen LogP contribution in [0.2, 0.25) is 0 Å². The van der Waals surface area contributed by atoms with Crippen LogP contribution >= 0.6 is 0 Å². The summed E-state index contributed by atoms with van der Waals surface area (Å²) in [5.41, 5.74) is 1.12. The smallest absolute Gasteiger partial charge is 0.244 e. The molecule has 0 aliphatic heterocycles. The molecule has 2 N–H and O–H groups in total. The van der Waals surface area contributed by atoms with Gasteiger partial charge in [-0.05, 0) is 26.7 Å². The molecule has 98 valence electrons. The first-order chi connectivity index (χ1) is 7.90. The number of hydrogen-bond acceptors (Lipinski definition) is 4. The molecule has 0 fully saturated rings. The van der Waals surface area contributed by atoms with Gasteiger partial charge in [-0.1, -0.05) is 0 Å². The maximum absolute atomic E-state index is 12.0. The Hall–Kier alpha value is -0.920. The molecule has 1 aromatic heterocycles. The summed E-state index contributed by atoms with van der Waals surface area (Å²) in [7, 11) is -1.78. The molecule has 0 aliphatic rings. The van der Waals surface area contributed by atoms with Gasteiger partial charge in [0.05, 0.1) is 11.4 Å². The van der Waals surface area contributed by atoms with E-state index in [4.69, 9.17) is 5.11 Å². The van der Waals surface area contributed by atoms with Crippen LogP contribution in [0.25, 0.3) is 0 Å². The molecule has 0 bridgehead atoms. The fourth-order valence-electron chi connectivity index (χ4n) is 1.66. The number of unbranched alkanes of at least 4 members (excludes halogenated alkanes) is 1. The van der Waals surface area contributed by atoms with Crippen LogP contribution in [-0.2, 0) is 17.1 Å².